The molecule has 92 valence electrons. The lowest BCUT2D eigenvalue weighted by Gasteiger charge is -2.08. The van der Waals surface area contributed by atoms with Gasteiger partial charge >= 0.3 is 0 Å². The fourth-order valence-corrected chi connectivity index (χ4v) is 2.52. The van der Waals surface area contributed by atoms with Crippen molar-refractivity contribution in [1.82, 2.24) is 9.88 Å². The third kappa shape index (κ3) is 2.37. The van der Waals surface area contributed by atoms with Gasteiger partial charge in [-0.1, -0.05) is 18.2 Å². The number of fused-ring (bicyclic) bond motifs is 1. The highest BCUT2D eigenvalue weighted by Gasteiger charge is 2.08. The first-order valence-corrected chi connectivity index (χ1v) is 6.49. The van der Waals surface area contributed by atoms with E-state index in [-0.39, 0.29) is 0 Å². The highest BCUT2D eigenvalue weighted by molar-refractivity contribution is 5.86. The van der Waals surface area contributed by atoms with Gasteiger partial charge in [0.15, 0.2) is 0 Å². The first kappa shape index (κ1) is 12.2. The van der Waals surface area contributed by atoms with Gasteiger partial charge < -0.3 is 9.88 Å². The maximum absolute atomic E-state index is 3.21. The van der Waals surface area contributed by atoms with Gasteiger partial charge in [-0.05, 0) is 51.4 Å². The average Bonchev–Trinajstić information content (AvgIpc) is 2.68. The average molecular weight is 230 g/mol. The van der Waals surface area contributed by atoms with Crippen molar-refractivity contribution < 1.29 is 0 Å². The van der Waals surface area contributed by atoms with Crippen LogP contribution in [0.3, 0.4) is 0 Å². The van der Waals surface area contributed by atoms with Crippen LogP contribution in [0.5, 0.6) is 0 Å². The van der Waals surface area contributed by atoms with Crippen molar-refractivity contribution >= 4 is 10.9 Å². The van der Waals surface area contributed by atoms with Crippen molar-refractivity contribution in [2.45, 2.75) is 33.2 Å². The molecule has 1 N–H and O–H groups in total. The van der Waals surface area contributed by atoms with Crippen LogP contribution in [0.25, 0.3) is 10.9 Å². The van der Waals surface area contributed by atoms with E-state index in [1.807, 2.05) is 7.05 Å². The first-order valence-electron chi connectivity index (χ1n) is 6.49. The summed E-state index contributed by atoms with van der Waals surface area (Å²) >= 11 is 0. The van der Waals surface area contributed by atoms with E-state index in [2.05, 4.69) is 48.1 Å². The van der Waals surface area contributed by atoms with Gasteiger partial charge in [0.2, 0.25) is 0 Å². The van der Waals surface area contributed by atoms with Crippen molar-refractivity contribution in [3.8, 4) is 0 Å². The number of aryl methyl sites for hydroxylation is 3. The number of hydrogen-bond acceptors (Lipinski definition) is 1. The Bertz CT molecular complexity index is 497. The maximum atomic E-state index is 3.21. The van der Waals surface area contributed by atoms with Gasteiger partial charge in [0.1, 0.15) is 0 Å². The van der Waals surface area contributed by atoms with Crippen LogP contribution in [0.4, 0.5) is 0 Å². The number of nitrogens with zero attached hydrogens (tertiary/aromatic N) is 1. The smallest absolute Gasteiger partial charge is 0.0515 e. The minimum atomic E-state index is 1.05. The summed E-state index contributed by atoms with van der Waals surface area (Å²) in [6.45, 7) is 6.55. The summed E-state index contributed by atoms with van der Waals surface area (Å²) in [5, 5.41) is 4.62. The highest BCUT2D eigenvalue weighted by atomic mass is 14.9. The van der Waals surface area contributed by atoms with Crippen molar-refractivity contribution in [1.29, 1.82) is 0 Å². The summed E-state index contributed by atoms with van der Waals surface area (Å²) in [7, 11) is 2.01. The number of benzene rings is 1. The van der Waals surface area contributed by atoms with E-state index >= 15 is 0 Å². The summed E-state index contributed by atoms with van der Waals surface area (Å²) in [6, 6.07) is 6.69. The van der Waals surface area contributed by atoms with Crippen molar-refractivity contribution in [3.63, 3.8) is 0 Å². The molecule has 0 fully saturated rings. The molecule has 1 heterocycles. The number of nitrogens with one attached hydrogen (secondary N) is 1. The molecule has 2 rings (SSSR count). The molecule has 2 heteroatoms. The minimum Gasteiger partial charge on any atom is -0.347 e. The predicted octanol–water partition coefficient (Wildman–Crippen LogP) is 3.12. The molecule has 0 radical (unpaired) electrons. The molecule has 2 aromatic rings. The Hall–Kier alpha value is -1.28. The molecule has 0 spiro atoms. The fraction of sp³-hybridized carbons (Fsp3) is 0.467. The zero-order valence-electron chi connectivity index (χ0n) is 11.1. The minimum absolute atomic E-state index is 1.05. The first-order chi connectivity index (χ1) is 8.27. The standard InChI is InChI=1S/C15H22N2/c1-4-17-11-12(2)14-9-5-7-13(15(14)17)8-6-10-16-3/h5,7,9,11,16H,4,6,8,10H2,1-3H3. The molecule has 0 amide bonds. The second-order valence-corrected chi connectivity index (χ2v) is 4.62. The Labute approximate surface area is 104 Å². The second kappa shape index (κ2) is 5.37. The Balaban J connectivity index is 2.40. The lowest BCUT2D eigenvalue weighted by molar-refractivity contribution is 0.721. The summed E-state index contributed by atoms with van der Waals surface area (Å²) < 4.78 is 2.37. The number of hydrogen-bond donors (Lipinski definition) is 1. The zero-order chi connectivity index (χ0) is 12.3. The van der Waals surface area contributed by atoms with Crippen LogP contribution in [-0.2, 0) is 13.0 Å². The van der Waals surface area contributed by atoms with E-state index in [0.717, 1.165) is 19.5 Å². The third-order valence-electron chi connectivity index (χ3n) is 3.39. The van der Waals surface area contributed by atoms with E-state index in [1.54, 1.807) is 0 Å². The van der Waals surface area contributed by atoms with Crippen LogP contribution in [0, 0.1) is 6.92 Å². The Morgan fingerprint density at radius 2 is 2.12 bits per heavy atom. The highest BCUT2D eigenvalue weighted by Crippen LogP contribution is 2.25. The van der Waals surface area contributed by atoms with E-state index in [4.69, 9.17) is 0 Å². The molecule has 0 aliphatic carbocycles. The summed E-state index contributed by atoms with van der Waals surface area (Å²) in [4.78, 5) is 0. The van der Waals surface area contributed by atoms with E-state index in [0.29, 0.717) is 0 Å². The quantitative estimate of drug-likeness (QED) is 0.781. The van der Waals surface area contributed by atoms with Crippen LogP contribution >= 0.6 is 0 Å². The zero-order valence-corrected chi connectivity index (χ0v) is 11.1. The summed E-state index contributed by atoms with van der Waals surface area (Å²) in [5.41, 5.74) is 4.30. The fourth-order valence-electron chi connectivity index (χ4n) is 2.52. The summed E-state index contributed by atoms with van der Waals surface area (Å²) in [5.74, 6) is 0. The molecule has 1 aromatic carbocycles. The van der Waals surface area contributed by atoms with Crippen LogP contribution in [0.15, 0.2) is 24.4 Å². The molecule has 2 nitrogen and oxygen atoms in total. The SMILES string of the molecule is CCn1cc(C)c2cccc(CCCNC)c21. The third-order valence-corrected chi connectivity index (χ3v) is 3.39. The maximum Gasteiger partial charge on any atom is 0.0515 e. The largest absolute Gasteiger partial charge is 0.347 e. The molecule has 0 unspecified atom stereocenters. The molecule has 0 bridgehead atoms. The van der Waals surface area contributed by atoms with E-state index in [1.165, 1.54) is 28.5 Å². The van der Waals surface area contributed by atoms with Gasteiger partial charge in [-0.15, -0.1) is 0 Å². The van der Waals surface area contributed by atoms with Crippen molar-refractivity contribution in [3.05, 3.63) is 35.5 Å². The van der Waals surface area contributed by atoms with Crippen molar-refractivity contribution in [2.24, 2.45) is 0 Å². The molecule has 0 atom stereocenters. The van der Waals surface area contributed by atoms with Gasteiger partial charge in [-0.2, -0.15) is 0 Å². The van der Waals surface area contributed by atoms with E-state index < -0.39 is 0 Å². The molecule has 0 aliphatic heterocycles. The van der Waals surface area contributed by atoms with Crippen LogP contribution in [0.1, 0.15) is 24.5 Å². The number of rotatable bonds is 5. The molecule has 17 heavy (non-hydrogen) atoms. The van der Waals surface area contributed by atoms with Gasteiger partial charge in [-0.25, -0.2) is 0 Å². The number of aromatic nitrogens is 1. The van der Waals surface area contributed by atoms with Gasteiger partial charge in [0, 0.05) is 18.1 Å². The van der Waals surface area contributed by atoms with Crippen LogP contribution in [0.2, 0.25) is 0 Å². The Morgan fingerprint density at radius 3 is 2.82 bits per heavy atom. The normalized spacial score (nSPS) is 11.2. The Kier molecular flexibility index (Phi) is 3.85. The number of para-hydroxylation sites is 1. The molecule has 1 aromatic heterocycles. The van der Waals surface area contributed by atoms with Gasteiger partial charge in [-0.3, -0.25) is 0 Å². The van der Waals surface area contributed by atoms with Crippen LogP contribution in [-0.4, -0.2) is 18.2 Å². The molecule has 0 aliphatic rings. The monoisotopic (exact) mass is 230 g/mol. The Morgan fingerprint density at radius 1 is 1.29 bits per heavy atom. The lowest BCUT2D eigenvalue weighted by atomic mass is 10.1. The topological polar surface area (TPSA) is 17.0 Å². The molecular weight excluding hydrogens is 208 g/mol. The van der Waals surface area contributed by atoms with Crippen LogP contribution < -0.4 is 5.32 Å². The summed E-state index contributed by atoms with van der Waals surface area (Å²) in [6.07, 6.45) is 4.62. The lowest BCUT2D eigenvalue weighted by Crippen LogP contribution is -2.08. The second-order valence-electron chi connectivity index (χ2n) is 4.62. The van der Waals surface area contributed by atoms with Gasteiger partial charge in [0.25, 0.3) is 0 Å². The predicted molar refractivity (Wildman–Crippen MR) is 74.6 cm³/mol. The van der Waals surface area contributed by atoms with Gasteiger partial charge in [0.05, 0.1) is 5.52 Å². The molecular formula is C15H22N2. The molecule has 0 saturated heterocycles. The van der Waals surface area contributed by atoms with Crippen molar-refractivity contribution in [2.75, 3.05) is 13.6 Å². The van der Waals surface area contributed by atoms with E-state index in [9.17, 15) is 0 Å². The molecule has 0 saturated carbocycles.